The van der Waals surface area contributed by atoms with Crippen molar-refractivity contribution >= 4 is 5.82 Å². The minimum absolute atomic E-state index is 0.167. The van der Waals surface area contributed by atoms with E-state index in [1.807, 2.05) is 18.2 Å². The number of methoxy groups -OCH3 is 1. The average Bonchev–Trinajstić information content (AvgIpc) is 2.85. The molecule has 1 fully saturated rings. The predicted octanol–water partition coefficient (Wildman–Crippen LogP) is 5.60. The highest BCUT2D eigenvalue weighted by Gasteiger charge is 2.27. The van der Waals surface area contributed by atoms with Crippen molar-refractivity contribution < 1.29 is 9.13 Å². The Morgan fingerprint density at radius 3 is 2.41 bits per heavy atom. The molecule has 2 aromatic carbocycles. The summed E-state index contributed by atoms with van der Waals surface area (Å²) in [6.07, 6.45) is 0. The Labute approximate surface area is 201 Å². The molecule has 34 heavy (non-hydrogen) atoms. The van der Waals surface area contributed by atoms with Gasteiger partial charge in [0, 0.05) is 37.8 Å². The van der Waals surface area contributed by atoms with E-state index in [1.165, 1.54) is 17.7 Å². The average molecular weight is 459 g/mol. The van der Waals surface area contributed by atoms with Crippen LogP contribution in [0.2, 0.25) is 0 Å². The van der Waals surface area contributed by atoms with Crippen molar-refractivity contribution in [3.63, 3.8) is 0 Å². The van der Waals surface area contributed by atoms with Crippen LogP contribution >= 0.6 is 0 Å². The summed E-state index contributed by atoms with van der Waals surface area (Å²) in [7, 11) is 1.68. The van der Waals surface area contributed by atoms with E-state index in [0.717, 1.165) is 54.6 Å². The van der Waals surface area contributed by atoms with Crippen LogP contribution in [0.3, 0.4) is 0 Å². The smallest absolute Gasteiger partial charge is 0.146 e. The first kappa shape index (κ1) is 23.7. The van der Waals surface area contributed by atoms with Gasteiger partial charge in [-0.2, -0.15) is 5.26 Å². The standard InChI is InChI=1S/C28H31FN4O/c1-19(2)27-26(22-7-9-24(29)10-8-22)15-23(16-30)28(31-27)33-14-13-32(20(3)17-33)18-21-5-11-25(34-4)12-6-21/h5-12,15,19-20H,13-14,17-18H2,1-4H3/t20-/m1/s1. The summed E-state index contributed by atoms with van der Waals surface area (Å²) in [5.74, 6) is 1.50. The van der Waals surface area contributed by atoms with Crippen molar-refractivity contribution in [2.75, 3.05) is 31.6 Å². The van der Waals surface area contributed by atoms with Gasteiger partial charge < -0.3 is 9.64 Å². The van der Waals surface area contributed by atoms with Crippen LogP contribution in [0.25, 0.3) is 11.1 Å². The molecule has 176 valence electrons. The second-order valence-corrected chi connectivity index (χ2v) is 9.18. The Morgan fingerprint density at radius 2 is 1.82 bits per heavy atom. The first-order valence-corrected chi connectivity index (χ1v) is 11.7. The second kappa shape index (κ2) is 10.2. The Kier molecular flexibility index (Phi) is 7.14. The first-order valence-electron chi connectivity index (χ1n) is 11.7. The zero-order chi connectivity index (χ0) is 24.2. The molecule has 1 aromatic heterocycles. The van der Waals surface area contributed by atoms with Crippen molar-refractivity contribution in [2.24, 2.45) is 0 Å². The Hall–Kier alpha value is -3.43. The van der Waals surface area contributed by atoms with Crippen molar-refractivity contribution in [1.29, 1.82) is 5.26 Å². The third kappa shape index (κ3) is 5.05. The van der Waals surface area contributed by atoms with Crippen molar-refractivity contribution in [3.8, 4) is 22.9 Å². The molecular formula is C28H31FN4O. The normalized spacial score (nSPS) is 16.5. The van der Waals surface area contributed by atoms with Crippen LogP contribution in [-0.2, 0) is 6.54 Å². The van der Waals surface area contributed by atoms with E-state index in [-0.39, 0.29) is 11.7 Å². The molecule has 0 spiro atoms. The van der Waals surface area contributed by atoms with Crippen LogP contribution in [0.15, 0.2) is 54.6 Å². The lowest BCUT2D eigenvalue weighted by molar-refractivity contribution is 0.180. The van der Waals surface area contributed by atoms with Crippen molar-refractivity contribution in [1.82, 2.24) is 9.88 Å². The van der Waals surface area contributed by atoms with E-state index in [4.69, 9.17) is 9.72 Å². The number of aromatic nitrogens is 1. The van der Waals surface area contributed by atoms with Crippen molar-refractivity contribution in [3.05, 3.63) is 77.2 Å². The number of ether oxygens (including phenoxy) is 1. The molecule has 3 aromatic rings. The SMILES string of the molecule is COc1ccc(CN2CCN(c3nc(C(C)C)c(-c4ccc(F)cc4)cc3C#N)C[C@H]2C)cc1. The minimum Gasteiger partial charge on any atom is -0.497 e. The van der Waals surface area contributed by atoms with Crippen molar-refractivity contribution in [2.45, 2.75) is 39.3 Å². The number of hydrogen-bond donors (Lipinski definition) is 0. The molecule has 1 aliphatic rings. The maximum atomic E-state index is 13.5. The molecule has 0 radical (unpaired) electrons. The van der Waals surface area contributed by atoms with E-state index >= 15 is 0 Å². The van der Waals surface area contributed by atoms with Gasteiger partial charge in [0.2, 0.25) is 0 Å². The molecule has 0 aliphatic carbocycles. The molecule has 0 saturated carbocycles. The van der Waals surface area contributed by atoms with Gasteiger partial charge in [0.15, 0.2) is 0 Å². The summed E-state index contributed by atoms with van der Waals surface area (Å²) in [6.45, 7) is 9.77. The molecule has 0 unspecified atom stereocenters. The molecule has 1 aliphatic heterocycles. The number of pyridine rings is 1. The number of hydrogen-bond acceptors (Lipinski definition) is 5. The molecular weight excluding hydrogens is 427 g/mol. The Morgan fingerprint density at radius 1 is 1.12 bits per heavy atom. The largest absolute Gasteiger partial charge is 0.497 e. The number of halogens is 1. The Bertz CT molecular complexity index is 1170. The quantitative estimate of drug-likeness (QED) is 0.481. The highest BCUT2D eigenvalue weighted by molar-refractivity contribution is 5.72. The van der Waals surface area contributed by atoms with Gasteiger partial charge >= 0.3 is 0 Å². The van der Waals surface area contributed by atoms with Gasteiger partial charge in [-0.15, -0.1) is 0 Å². The molecule has 0 bridgehead atoms. The van der Waals surface area contributed by atoms with Crippen LogP contribution in [0.4, 0.5) is 10.2 Å². The number of rotatable bonds is 6. The summed E-state index contributed by atoms with van der Waals surface area (Å²) < 4.78 is 18.7. The van der Waals surface area contributed by atoms with E-state index < -0.39 is 0 Å². The summed E-state index contributed by atoms with van der Waals surface area (Å²) >= 11 is 0. The highest BCUT2D eigenvalue weighted by atomic mass is 19.1. The third-order valence-electron chi connectivity index (χ3n) is 6.46. The van der Waals surface area contributed by atoms with E-state index in [2.05, 4.69) is 48.8 Å². The molecule has 0 amide bonds. The molecule has 2 heterocycles. The van der Waals surface area contributed by atoms with Crippen LogP contribution < -0.4 is 9.64 Å². The van der Waals surface area contributed by atoms with Crippen LogP contribution in [-0.4, -0.2) is 42.7 Å². The molecule has 1 saturated heterocycles. The fraction of sp³-hybridized carbons (Fsp3) is 0.357. The van der Waals surface area contributed by atoms with Crippen LogP contribution in [0, 0.1) is 17.1 Å². The highest BCUT2D eigenvalue weighted by Crippen LogP contribution is 2.33. The maximum Gasteiger partial charge on any atom is 0.146 e. The number of nitrogens with zero attached hydrogens (tertiary/aromatic N) is 4. The molecule has 0 N–H and O–H groups in total. The number of nitriles is 1. The van der Waals surface area contributed by atoms with Gasteiger partial charge in [0.05, 0.1) is 18.4 Å². The monoisotopic (exact) mass is 458 g/mol. The Balaban J connectivity index is 1.57. The number of anilines is 1. The summed E-state index contributed by atoms with van der Waals surface area (Å²) in [5, 5.41) is 9.95. The van der Waals surface area contributed by atoms with E-state index in [1.54, 1.807) is 19.2 Å². The molecule has 1 atom stereocenters. The third-order valence-corrected chi connectivity index (χ3v) is 6.46. The number of piperazine rings is 1. The minimum atomic E-state index is -0.276. The van der Waals surface area contributed by atoms with Gasteiger partial charge in [-0.05, 0) is 54.3 Å². The lowest BCUT2D eigenvalue weighted by Crippen LogP contribution is -2.52. The lowest BCUT2D eigenvalue weighted by Gasteiger charge is -2.41. The van der Waals surface area contributed by atoms with Crippen LogP contribution in [0.1, 0.15) is 43.5 Å². The van der Waals surface area contributed by atoms with E-state index in [9.17, 15) is 9.65 Å². The maximum absolute atomic E-state index is 13.5. The van der Waals surface area contributed by atoms with Gasteiger partial charge in [-0.3, -0.25) is 4.90 Å². The van der Waals surface area contributed by atoms with Crippen LogP contribution in [0.5, 0.6) is 5.75 Å². The van der Waals surface area contributed by atoms with E-state index in [0.29, 0.717) is 11.6 Å². The molecule has 6 heteroatoms. The number of benzene rings is 2. The predicted molar refractivity (Wildman–Crippen MR) is 134 cm³/mol. The summed E-state index contributed by atoms with van der Waals surface area (Å²) in [6, 6.07) is 19.2. The van der Waals surface area contributed by atoms with Gasteiger partial charge in [0.25, 0.3) is 0 Å². The summed E-state index contributed by atoms with van der Waals surface area (Å²) in [4.78, 5) is 9.69. The van der Waals surface area contributed by atoms with Gasteiger partial charge in [-0.1, -0.05) is 38.1 Å². The first-order chi connectivity index (χ1) is 16.4. The van der Waals surface area contributed by atoms with Gasteiger partial charge in [0.1, 0.15) is 23.5 Å². The topological polar surface area (TPSA) is 52.4 Å². The summed E-state index contributed by atoms with van der Waals surface area (Å²) in [5.41, 5.74) is 4.50. The fourth-order valence-electron chi connectivity index (χ4n) is 4.53. The second-order valence-electron chi connectivity index (χ2n) is 9.18. The zero-order valence-corrected chi connectivity index (χ0v) is 20.3. The lowest BCUT2D eigenvalue weighted by atomic mass is 9.95. The van der Waals surface area contributed by atoms with Gasteiger partial charge in [-0.25, -0.2) is 9.37 Å². The molecule has 4 rings (SSSR count). The molecule has 5 nitrogen and oxygen atoms in total. The fourth-order valence-corrected chi connectivity index (χ4v) is 4.53. The zero-order valence-electron chi connectivity index (χ0n) is 20.3.